The number of hydrogen-bond acceptors (Lipinski definition) is 3. The van der Waals surface area contributed by atoms with E-state index in [-0.39, 0.29) is 5.92 Å². The van der Waals surface area contributed by atoms with Crippen molar-refractivity contribution in [1.29, 1.82) is 0 Å². The maximum atomic E-state index is 12.5. The SMILES string of the molecule is Cc1ccn(S(=O)(=O)c2cc(C(C)C)ccc2C)n1. The minimum absolute atomic E-state index is 0.286. The molecule has 0 radical (unpaired) electrons. The Morgan fingerprint density at radius 1 is 1.16 bits per heavy atom. The molecule has 0 aliphatic carbocycles. The molecule has 4 nitrogen and oxygen atoms in total. The highest BCUT2D eigenvalue weighted by atomic mass is 32.2. The van der Waals surface area contributed by atoms with Crippen molar-refractivity contribution in [1.82, 2.24) is 9.19 Å². The van der Waals surface area contributed by atoms with Crippen LogP contribution in [0.1, 0.15) is 36.6 Å². The van der Waals surface area contributed by atoms with Crippen LogP contribution in [0.5, 0.6) is 0 Å². The Balaban J connectivity index is 2.60. The van der Waals surface area contributed by atoms with Crippen LogP contribution in [0.3, 0.4) is 0 Å². The number of hydrogen-bond donors (Lipinski definition) is 0. The fourth-order valence-electron chi connectivity index (χ4n) is 1.88. The summed E-state index contributed by atoms with van der Waals surface area (Å²) < 4.78 is 26.1. The van der Waals surface area contributed by atoms with E-state index in [1.165, 1.54) is 6.20 Å². The topological polar surface area (TPSA) is 52.0 Å². The Hall–Kier alpha value is -1.62. The van der Waals surface area contributed by atoms with Gasteiger partial charge < -0.3 is 0 Å². The highest BCUT2D eigenvalue weighted by Crippen LogP contribution is 2.23. The molecule has 0 spiro atoms. The molecule has 0 atom stereocenters. The molecule has 0 amide bonds. The second kappa shape index (κ2) is 4.81. The van der Waals surface area contributed by atoms with Crippen molar-refractivity contribution in [2.24, 2.45) is 0 Å². The molecule has 2 aromatic rings. The number of aromatic nitrogens is 2. The van der Waals surface area contributed by atoms with Gasteiger partial charge in [0.15, 0.2) is 0 Å². The predicted molar refractivity (Wildman–Crippen MR) is 74.8 cm³/mol. The maximum Gasteiger partial charge on any atom is 0.283 e. The molecule has 0 aliphatic heterocycles. The fourth-order valence-corrected chi connectivity index (χ4v) is 3.30. The lowest BCUT2D eigenvalue weighted by Crippen LogP contribution is -2.15. The Morgan fingerprint density at radius 2 is 1.84 bits per heavy atom. The van der Waals surface area contributed by atoms with Crippen LogP contribution < -0.4 is 0 Å². The summed E-state index contributed by atoms with van der Waals surface area (Å²) in [6.07, 6.45) is 1.48. The average molecular weight is 278 g/mol. The summed E-state index contributed by atoms with van der Waals surface area (Å²) in [5.41, 5.74) is 2.42. The molecular weight excluding hydrogens is 260 g/mol. The molecule has 1 heterocycles. The smallest absolute Gasteiger partial charge is 0.199 e. The van der Waals surface area contributed by atoms with E-state index in [2.05, 4.69) is 5.10 Å². The largest absolute Gasteiger partial charge is 0.283 e. The van der Waals surface area contributed by atoms with E-state index >= 15 is 0 Å². The van der Waals surface area contributed by atoms with Gasteiger partial charge in [-0.15, -0.1) is 0 Å². The van der Waals surface area contributed by atoms with Crippen molar-refractivity contribution in [3.8, 4) is 0 Å². The first-order chi connectivity index (χ1) is 8.82. The molecule has 0 saturated heterocycles. The first-order valence-electron chi connectivity index (χ1n) is 6.21. The Morgan fingerprint density at radius 3 is 2.37 bits per heavy atom. The molecule has 0 aliphatic rings. The van der Waals surface area contributed by atoms with E-state index in [0.717, 1.165) is 15.2 Å². The highest BCUT2D eigenvalue weighted by Gasteiger charge is 2.21. The molecule has 1 aromatic carbocycles. The standard InChI is InChI=1S/C14H18N2O2S/c1-10(2)13-6-5-11(3)14(9-13)19(17,18)16-8-7-12(4)15-16/h5-10H,1-4H3. The van der Waals surface area contributed by atoms with Crippen LogP contribution in [0.2, 0.25) is 0 Å². The van der Waals surface area contributed by atoms with E-state index < -0.39 is 10.0 Å². The van der Waals surface area contributed by atoms with E-state index in [4.69, 9.17) is 0 Å². The van der Waals surface area contributed by atoms with Crippen LogP contribution in [0, 0.1) is 13.8 Å². The van der Waals surface area contributed by atoms with E-state index in [9.17, 15) is 8.42 Å². The lowest BCUT2D eigenvalue weighted by molar-refractivity contribution is 0.578. The normalized spacial score (nSPS) is 12.1. The lowest BCUT2D eigenvalue weighted by Gasteiger charge is -2.11. The summed E-state index contributed by atoms with van der Waals surface area (Å²) in [5.74, 6) is 0.286. The molecule has 1 aromatic heterocycles. The third-order valence-electron chi connectivity index (χ3n) is 3.10. The zero-order valence-corrected chi connectivity index (χ0v) is 12.4. The molecule has 0 bridgehead atoms. The van der Waals surface area contributed by atoms with Crippen molar-refractivity contribution < 1.29 is 8.42 Å². The molecule has 19 heavy (non-hydrogen) atoms. The summed E-state index contributed by atoms with van der Waals surface area (Å²) in [6.45, 7) is 7.65. The third kappa shape index (κ3) is 2.56. The number of nitrogens with zero attached hydrogens (tertiary/aromatic N) is 2. The first-order valence-corrected chi connectivity index (χ1v) is 7.65. The molecular formula is C14H18N2O2S. The fraction of sp³-hybridized carbons (Fsp3) is 0.357. The van der Waals surface area contributed by atoms with Crippen LogP contribution >= 0.6 is 0 Å². The van der Waals surface area contributed by atoms with Gasteiger partial charge in [0.2, 0.25) is 0 Å². The predicted octanol–water partition coefficient (Wildman–Crippen LogP) is 2.86. The van der Waals surface area contributed by atoms with Gasteiger partial charge in [0.05, 0.1) is 10.6 Å². The second-order valence-corrected chi connectivity index (χ2v) is 6.78. The first kappa shape index (κ1) is 13.8. The average Bonchev–Trinajstić information content (AvgIpc) is 2.76. The molecule has 0 saturated carbocycles. The van der Waals surface area contributed by atoms with Crippen molar-refractivity contribution in [3.63, 3.8) is 0 Å². The highest BCUT2D eigenvalue weighted by molar-refractivity contribution is 7.89. The minimum atomic E-state index is -3.60. The van der Waals surface area contributed by atoms with Crippen molar-refractivity contribution in [2.45, 2.75) is 38.5 Å². The molecule has 5 heteroatoms. The zero-order chi connectivity index (χ0) is 14.2. The summed E-state index contributed by atoms with van der Waals surface area (Å²) in [5, 5.41) is 4.00. The van der Waals surface area contributed by atoms with Gasteiger partial charge in [-0.1, -0.05) is 26.0 Å². The minimum Gasteiger partial charge on any atom is -0.199 e. The van der Waals surface area contributed by atoms with Crippen LogP contribution in [0.15, 0.2) is 35.4 Å². The number of aryl methyl sites for hydroxylation is 2. The zero-order valence-electron chi connectivity index (χ0n) is 11.6. The van der Waals surface area contributed by atoms with E-state index in [1.807, 2.05) is 26.0 Å². The quantitative estimate of drug-likeness (QED) is 0.867. The number of rotatable bonds is 3. The van der Waals surface area contributed by atoms with Crippen molar-refractivity contribution >= 4 is 10.0 Å². The monoisotopic (exact) mass is 278 g/mol. The van der Waals surface area contributed by atoms with E-state index in [1.54, 1.807) is 26.0 Å². The summed E-state index contributed by atoms with van der Waals surface area (Å²) in [4.78, 5) is 0.321. The van der Waals surface area contributed by atoms with Gasteiger partial charge in [-0.3, -0.25) is 0 Å². The van der Waals surface area contributed by atoms with Gasteiger partial charge in [-0.25, -0.2) is 0 Å². The third-order valence-corrected chi connectivity index (χ3v) is 4.79. The summed E-state index contributed by atoms with van der Waals surface area (Å²) >= 11 is 0. The van der Waals surface area contributed by atoms with Crippen LogP contribution in [0.25, 0.3) is 0 Å². The molecule has 0 unspecified atom stereocenters. The molecule has 0 fully saturated rings. The van der Waals surface area contributed by atoms with Crippen LogP contribution in [-0.4, -0.2) is 17.6 Å². The van der Waals surface area contributed by atoms with Crippen molar-refractivity contribution in [3.05, 3.63) is 47.3 Å². The summed E-state index contributed by atoms with van der Waals surface area (Å²) in [7, 11) is -3.60. The van der Waals surface area contributed by atoms with Gasteiger partial charge in [-0.05, 0) is 43.0 Å². The Kier molecular flexibility index (Phi) is 3.49. The van der Waals surface area contributed by atoms with Gasteiger partial charge in [0, 0.05) is 6.20 Å². The molecule has 0 N–H and O–H groups in total. The van der Waals surface area contributed by atoms with Crippen LogP contribution in [-0.2, 0) is 10.0 Å². The molecule has 102 valence electrons. The van der Waals surface area contributed by atoms with Gasteiger partial charge >= 0.3 is 0 Å². The second-order valence-electron chi connectivity index (χ2n) is 5.01. The van der Waals surface area contributed by atoms with E-state index in [0.29, 0.717) is 10.6 Å². The lowest BCUT2D eigenvalue weighted by atomic mass is 10.0. The number of benzene rings is 1. The van der Waals surface area contributed by atoms with Gasteiger partial charge in [0.25, 0.3) is 10.0 Å². The molecule has 2 rings (SSSR count). The maximum absolute atomic E-state index is 12.5. The summed E-state index contributed by atoms with van der Waals surface area (Å²) in [6, 6.07) is 7.23. The van der Waals surface area contributed by atoms with Crippen LogP contribution in [0.4, 0.5) is 0 Å². The van der Waals surface area contributed by atoms with Gasteiger partial charge in [-0.2, -0.15) is 17.6 Å². The Labute approximate surface area is 114 Å². The Bertz CT molecular complexity index is 700. The van der Waals surface area contributed by atoms with Crippen molar-refractivity contribution in [2.75, 3.05) is 0 Å². The van der Waals surface area contributed by atoms with Gasteiger partial charge in [0.1, 0.15) is 0 Å².